The molecule has 0 fully saturated rings. The number of aldehydes is 1. The lowest BCUT2D eigenvalue weighted by molar-refractivity contribution is 0.112. The third-order valence-electron chi connectivity index (χ3n) is 3.17. The highest BCUT2D eigenvalue weighted by molar-refractivity contribution is 5.93. The molecule has 0 spiro atoms. The predicted octanol–water partition coefficient (Wildman–Crippen LogP) is 2.23. The molecule has 2 aromatic heterocycles. The summed E-state index contributed by atoms with van der Waals surface area (Å²) >= 11 is 0. The van der Waals surface area contributed by atoms with E-state index in [1.807, 2.05) is 0 Å². The number of carbonyl (C=O) groups is 1. The molecule has 0 aliphatic carbocycles. The summed E-state index contributed by atoms with van der Waals surface area (Å²) in [6.45, 7) is 0. The number of rotatable bonds is 4. The zero-order valence-electron chi connectivity index (χ0n) is 11.6. The van der Waals surface area contributed by atoms with Crippen LogP contribution < -0.4 is 9.47 Å². The molecule has 106 valence electrons. The highest BCUT2D eigenvalue weighted by atomic mass is 16.5. The lowest BCUT2D eigenvalue weighted by atomic mass is 10.1. The fourth-order valence-electron chi connectivity index (χ4n) is 2.17. The lowest BCUT2D eigenvalue weighted by Gasteiger charge is -2.07. The molecule has 0 amide bonds. The van der Waals surface area contributed by atoms with Crippen LogP contribution in [0.15, 0.2) is 36.7 Å². The van der Waals surface area contributed by atoms with Crippen molar-refractivity contribution in [3.63, 3.8) is 0 Å². The molecule has 0 aliphatic heterocycles. The van der Waals surface area contributed by atoms with Gasteiger partial charge in [0.1, 0.15) is 17.2 Å². The minimum atomic E-state index is 0.436. The largest absolute Gasteiger partial charge is 0.497 e. The molecule has 0 aliphatic rings. The number of fused-ring (bicyclic) bond motifs is 1. The lowest BCUT2D eigenvalue weighted by Crippen LogP contribution is -1.91. The topological polar surface area (TPSA) is 65.7 Å². The maximum Gasteiger partial charge on any atom is 0.166 e. The molecule has 3 rings (SSSR count). The van der Waals surface area contributed by atoms with E-state index in [0.717, 1.165) is 11.8 Å². The fraction of sp³-hybridized carbons (Fsp3) is 0.133. The number of hydrogen-bond donors (Lipinski definition) is 0. The molecule has 0 atom stereocenters. The van der Waals surface area contributed by atoms with E-state index in [-0.39, 0.29) is 0 Å². The molecule has 0 saturated heterocycles. The van der Waals surface area contributed by atoms with Crippen LogP contribution in [0.25, 0.3) is 16.9 Å². The molecule has 0 saturated carbocycles. The molecule has 0 bridgehead atoms. The second-order valence-corrected chi connectivity index (χ2v) is 4.37. The quantitative estimate of drug-likeness (QED) is 0.687. The van der Waals surface area contributed by atoms with Crippen LogP contribution in [0.4, 0.5) is 0 Å². The van der Waals surface area contributed by atoms with Gasteiger partial charge in [0.05, 0.1) is 19.8 Å². The molecular weight excluding hydrogens is 270 g/mol. The number of methoxy groups -OCH3 is 2. The van der Waals surface area contributed by atoms with E-state index >= 15 is 0 Å². The van der Waals surface area contributed by atoms with Gasteiger partial charge in [0.25, 0.3) is 0 Å². The third kappa shape index (κ3) is 2.20. The number of nitrogens with zero attached hydrogens (tertiary/aromatic N) is 3. The Bertz CT molecular complexity index is 789. The van der Waals surface area contributed by atoms with Gasteiger partial charge >= 0.3 is 0 Å². The van der Waals surface area contributed by atoms with Crippen molar-refractivity contribution >= 4 is 11.9 Å². The van der Waals surface area contributed by atoms with Crippen LogP contribution in [-0.4, -0.2) is 35.1 Å². The van der Waals surface area contributed by atoms with Crippen molar-refractivity contribution in [3.8, 4) is 22.8 Å². The van der Waals surface area contributed by atoms with Crippen LogP contribution in [-0.2, 0) is 0 Å². The van der Waals surface area contributed by atoms with Crippen molar-refractivity contribution in [3.05, 3.63) is 42.2 Å². The molecular formula is C15H13N3O3. The zero-order chi connectivity index (χ0) is 14.8. The first kappa shape index (κ1) is 13.1. The van der Waals surface area contributed by atoms with Gasteiger partial charge in [-0.3, -0.25) is 4.79 Å². The Morgan fingerprint density at radius 3 is 2.48 bits per heavy atom. The van der Waals surface area contributed by atoms with Crippen LogP contribution in [0.5, 0.6) is 11.5 Å². The van der Waals surface area contributed by atoms with Gasteiger partial charge in [-0.05, 0) is 18.2 Å². The molecule has 2 heterocycles. The predicted molar refractivity (Wildman–Crippen MR) is 76.9 cm³/mol. The van der Waals surface area contributed by atoms with Crippen molar-refractivity contribution in [1.29, 1.82) is 0 Å². The highest BCUT2D eigenvalue weighted by Gasteiger charge is 2.16. The van der Waals surface area contributed by atoms with Gasteiger partial charge in [-0.2, -0.15) is 5.10 Å². The van der Waals surface area contributed by atoms with Crippen LogP contribution >= 0.6 is 0 Å². The molecule has 0 unspecified atom stereocenters. The van der Waals surface area contributed by atoms with Crippen molar-refractivity contribution in [2.45, 2.75) is 0 Å². The number of benzene rings is 1. The summed E-state index contributed by atoms with van der Waals surface area (Å²) in [5.74, 6) is 1.26. The van der Waals surface area contributed by atoms with E-state index in [9.17, 15) is 4.79 Å². The van der Waals surface area contributed by atoms with Gasteiger partial charge in [0, 0.05) is 24.0 Å². The second kappa shape index (κ2) is 5.24. The summed E-state index contributed by atoms with van der Waals surface area (Å²) in [5, 5.41) is 4.42. The van der Waals surface area contributed by atoms with E-state index in [4.69, 9.17) is 9.47 Å². The minimum Gasteiger partial charge on any atom is -0.497 e. The standard InChI is InChI=1S/C15H13N3O3/c1-20-11-6-10(7-12(8-11)21-2)14-13(9-19)15-16-4-3-5-18(15)17-14/h3-9H,1-2H3. The van der Waals surface area contributed by atoms with Crippen molar-refractivity contribution < 1.29 is 14.3 Å². The number of carbonyl (C=O) groups excluding carboxylic acids is 1. The zero-order valence-corrected chi connectivity index (χ0v) is 11.6. The average molecular weight is 283 g/mol. The highest BCUT2D eigenvalue weighted by Crippen LogP contribution is 2.31. The van der Waals surface area contributed by atoms with Gasteiger partial charge in [-0.25, -0.2) is 9.50 Å². The second-order valence-electron chi connectivity index (χ2n) is 4.37. The molecule has 1 aromatic carbocycles. The molecule has 3 aromatic rings. The van der Waals surface area contributed by atoms with Gasteiger partial charge < -0.3 is 9.47 Å². The molecule has 0 N–H and O–H groups in total. The van der Waals surface area contributed by atoms with Gasteiger partial charge in [0.2, 0.25) is 0 Å². The molecule has 6 heteroatoms. The average Bonchev–Trinajstić information content (AvgIpc) is 2.92. The van der Waals surface area contributed by atoms with E-state index in [1.165, 1.54) is 0 Å². The van der Waals surface area contributed by atoms with E-state index < -0.39 is 0 Å². The Hall–Kier alpha value is -2.89. The SMILES string of the molecule is COc1cc(OC)cc(-c2nn3cccnc3c2C=O)c1. The monoisotopic (exact) mass is 283 g/mol. The van der Waals surface area contributed by atoms with E-state index in [0.29, 0.717) is 28.4 Å². The van der Waals surface area contributed by atoms with E-state index in [2.05, 4.69) is 10.1 Å². The van der Waals surface area contributed by atoms with Crippen LogP contribution in [0.3, 0.4) is 0 Å². The maximum absolute atomic E-state index is 11.4. The normalized spacial score (nSPS) is 10.6. The Morgan fingerprint density at radius 2 is 1.86 bits per heavy atom. The van der Waals surface area contributed by atoms with Crippen molar-refractivity contribution in [2.24, 2.45) is 0 Å². The number of hydrogen-bond acceptors (Lipinski definition) is 5. The molecule has 0 radical (unpaired) electrons. The van der Waals surface area contributed by atoms with Gasteiger partial charge in [-0.1, -0.05) is 0 Å². The first-order valence-corrected chi connectivity index (χ1v) is 6.29. The summed E-state index contributed by atoms with van der Waals surface area (Å²) in [7, 11) is 3.15. The first-order valence-electron chi connectivity index (χ1n) is 6.29. The summed E-state index contributed by atoms with van der Waals surface area (Å²) in [6, 6.07) is 7.12. The Balaban J connectivity index is 2.26. The summed E-state index contributed by atoms with van der Waals surface area (Å²) < 4.78 is 12.1. The molecule has 21 heavy (non-hydrogen) atoms. The Morgan fingerprint density at radius 1 is 1.14 bits per heavy atom. The summed E-state index contributed by atoms with van der Waals surface area (Å²) in [6.07, 6.45) is 4.13. The maximum atomic E-state index is 11.4. The Labute approximate surface area is 120 Å². The van der Waals surface area contributed by atoms with Crippen LogP contribution in [0, 0.1) is 0 Å². The summed E-state index contributed by atoms with van der Waals surface area (Å²) in [5.41, 5.74) is 2.23. The van der Waals surface area contributed by atoms with E-state index in [1.54, 1.807) is 55.4 Å². The first-order chi connectivity index (χ1) is 10.3. The Kier molecular flexibility index (Phi) is 3.27. The van der Waals surface area contributed by atoms with Crippen LogP contribution in [0.2, 0.25) is 0 Å². The fourth-order valence-corrected chi connectivity index (χ4v) is 2.17. The minimum absolute atomic E-state index is 0.436. The summed E-state index contributed by atoms with van der Waals surface area (Å²) in [4.78, 5) is 15.6. The van der Waals surface area contributed by atoms with Gasteiger partial charge in [-0.15, -0.1) is 0 Å². The van der Waals surface area contributed by atoms with Crippen molar-refractivity contribution in [1.82, 2.24) is 14.6 Å². The van der Waals surface area contributed by atoms with Gasteiger partial charge in [0.15, 0.2) is 11.9 Å². The smallest absolute Gasteiger partial charge is 0.166 e. The third-order valence-corrected chi connectivity index (χ3v) is 3.17. The number of ether oxygens (including phenoxy) is 2. The van der Waals surface area contributed by atoms with Crippen LogP contribution in [0.1, 0.15) is 10.4 Å². The number of aromatic nitrogens is 3. The molecule has 6 nitrogen and oxygen atoms in total. The van der Waals surface area contributed by atoms with Crippen molar-refractivity contribution in [2.75, 3.05) is 14.2 Å².